The van der Waals surface area contributed by atoms with Crippen molar-refractivity contribution in [2.45, 2.75) is 64.3 Å². The van der Waals surface area contributed by atoms with Gasteiger partial charge in [0.1, 0.15) is 0 Å². The number of rotatable bonds is 6. The van der Waals surface area contributed by atoms with Gasteiger partial charge in [-0.3, -0.25) is 4.79 Å². The maximum absolute atomic E-state index is 12.5. The van der Waals surface area contributed by atoms with E-state index in [1.807, 2.05) is 22.9 Å². The van der Waals surface area contributed by atoms with E-state index in [1.165, 1.54) is 34.8 Å². The summed E-state index contributed by atoms with van der Waals surface area (Å²) in [6, 6.07) is 0.344. The molecular formula is C19H29ClN6OS. The van der Waals surface area contributed by atoms with Crippen molar-refractivity contribution in [1.29, 1.82) is 0 Å². The standard InChI is InChI=1S/C19H28N6OS.ClH/c1-13-18(23-24-25(13)14-8-11-20-12-9-14)19(26)21-10-4-7-17-22-15-5-2-3-6-16(15)27-17;/h14,20H,2-12H2,1H3,(H,21,26);1H. The number of halogens is 1. The third kappa shape index (κ3) is 4.72. The number of aryl methyl sites for hydroxylation is 3. The monoisotopic (exact) mass is 424 g/mol. The smallest absolute Gasteiger partial charge is 0.273 e. The Morgan fingerprint density at radius 2 is 2.07 bits per heavy atom. The average Bonchev–Trinajstić information content (AvgIpc) is 3.29. The highest BCUT2D eigenvalue weighted by atomic mass is 35.5. The van der Waals surface area contributed by atoms with Gasteiger partial charge in [0, 0.05) is 17.8 Å². The molecule has 0 spiro atoms. The first-order valence-electron chi connectivity index (χ1n) is 10.1. The lowest BCUT2D eigenvalue weighted by Crippen LogP contribution is -2.30. The fourth-order valence-electron chi connectivity index (χ4n) is 3.99. The van der Waals surface area contributed by atoms with Gasteiger partial charge in [-0.2, -0.15) is 0 Å². The average molecular weight is 425 g/mol. The van der Waals surface area contributed by atoms with E-state index in [2.05, 4.69) is 20.9 Å². The largest absolute Gasteiger partial charge is 0.351 e. The number of nitrogens with zero attached hydrogens (tertiary/aromatic N) is 4. The summed E-state index contributed by atoms with van der Waals surface area (Å²) < 4.78 is 1.93. The number of carbonyl (C=O) groups excluding carboxylic acids is 1. The molecule has 0 radical (unpaired) electrons. The lowest BCUT2D eigenvalue weighted by Gasteiger charge is -2.23. The molecule has 0 aromatic carbocycles. The van der Waals surface area contributed by atoms with Gasteiger partial charge in [0.2, 0.25) is 0 Å². The van der Waals surface area contributed by atoms with Crippen molar-refractivity contribution in [2.75, 3.05) is 19.6 Å². The number of amides is 1. The maximum atomic E-state index is 12.5. The molecule has 3 heterocycles. The fourth-order valence-corrected chi connectivity index (χ4v) is 5.18. The van der Waals surface area contributed by atoms with Crippen LogP contribution >= 0.6 is 23.7 Å². The van der Waals surface area contributed by atoms with Gasteiger partial charge in [0.15, 0.2) is 5.69 Å². The summed E-state index contributed by atoms with van der Waals surface area (Å²) in [5, 5.41) is 15.9. The van der Waals surface area contributed by atoms with Gasteiger partial charge in [-0.1, -0.05) is 5.21 Å². The van der Waals surface area contributed by atoms with Crippen LogP contribution in [0.15, 0.2) is 0 Å². The Hall–Kier alpha value is -1.51. The Kier molecular flexibility index (Phi) is 7.42. The molecular weight excluding hydrogens is 396 g/mol. The van der Waals surface area contributed by atoms with E-state index in [0.29, 0.717) is 18.3 Å². The lowest BCUT2D eigenvalue weighted by atomic mass is 10.0. The number of thiazole rings is 1. The molecule has 28 heavy (non-hydrogen) atoms. The van der Waals surface area contributed by atoms with Crippen molar-refractivity contribution < 1.29 is 4.79 Å². The van der Waals surface area contributed by atoms with Crippen LogP contribution in [0.1, 0.15) is 69.9 Å². The van der Waals surface area contributed by atoms with Crippen molar-refractivity contribution in [1.82, 2.24) is 30.6 Å². The van der Waals surface area contributed by atoms with Crippen LogP contribution in [0.25, 0.3) is 0 Å². The molecule has 0 atom stereocenters. The highest BCUT2D eigenvalue weighted by molar-refractivity contribution is 7.11. The first kappa shape index (κ1) is 21.2. The Labute approximate surface area is 176 Å². The number of fused-ring (bicyclic) bond motifs is 1. The van der Waals surface area contributed by atoms with E-state index in [-0.39, 0.29) is 18.3 Å². The number of piperidine rings is 1. The Balaban J connectivity index is 0.00000225. The van der Waals surface area contributed by atoms with Crippen molar-refractivity contribution >= 4 is 29.7 Å². The van der Waals surface area contributed by atoms with Crippen molar-refractivity contribution in [3.8, 4) is 0 Å². The highest BCUT2D eigenvalue weighted by Crippen LogP contribution is 2.27. The minimum absolute atomic E-state index is 0. The molecule has 1 saturated heterocycles. The summed E-state index contributed by atoms with van der Waals surface area (Å²) in [4.78, 5) is 18.7. The SMILES string of the molecule is Cc1c(C(=O)NCCCc2nc3c(s2)CCCC3)nnn1C1CCNCC1.Cl. The maximum Gasteiger partial charge on any atom is 0.273 e. The first-order valence-corrected chi connectivity index (χ1v) is 10.9. The Morgan fingerprint density at radius 1 is 1.29 bits per heavy atom. The van der Waals surface area contributed by atoms with E-state index < -0.39 is 0 Å². The summed E-state index contributed by atoms with van der Waals surface area (Å²) in [6.07, 6.45) is 8.78. The molecule has 1 aliphatic carbocycles. The molecule has 0 unspecified atom stereocenters. The molecule has 2 aliphatic rings. The van der Waals surface area contributed by atoms with Crippen LogP contribution in [0.5, 0.6) is 0 Å². The topological polar surface area (TPSA) is 84.7 Å². The van der Waals surface area contributed by atoms with Crippen molar-refractivity contribution in [3.05, 3.63) is 27.0 Å². The number of aromatic nitrogens is 4. The highest BCUT2D eigenvalue weighted by Gasteiger charge is 2.22. The van der Waals surface area contributed by atoms with E-state index in [0.717, 1.165) is 50.9 Å². The molecule has 1 fully saturated rings. The number of nitrogens with one attached hydrogen (secondary N) is 2. The Bertz CT molecular complexity index is 775. The molecule has 0 bridgehead atoms. The predicted octanol–water partition coefficient (Wildman–Crippen LogP) is 2.63. The van der Waals surface area contributed by atoms with Crippen LogP contribution in [-0.4, -0.2) is 45.5 Å². The number of hydrogen-bond donors (Lipinski definition) is 2. The van der Waals surface area contributed by atoms with Gasteiger partial charge in [0.05, 0.1) is 22.4 Å². The molecule has 9 heteroatoms. The number of hydrogen-bond acceptors (Lipinski definition) is 6. The van der Waals surface area contributed by atoms with Crippen LogP contribution in [0.3, 0.4) is 0 Å². The first-order chi connectivity index (χ1) is 13.2. The molecule has 2 N–H and O–H groups in total. The van der Waals surface area contributed by atoms with Gasteiger partial charge in [0.25, 0.3) is 5.91 Å². The molecule has 2 aromatic heterocycles. The van der Waals surface area contributed by atoms with Crippen LogP contribution in [-0.2, 0) is 19.3 Å². The molecule has 4 rings (SSSR count). The third-order valence-electron chi connectivity index (χ3n) is 5.54. The van der Waals surface area contributed by atoms with Crippen molar-refractivity contribution in [2.24, 2.45) is 0 Å². The van der Waals surface area contributed by atoms with E-state index >= 15 is 0 Å². The summed E-state index contributed by atoms with van der Waals surface area (Å²) in [7, 11) is 0. The predicted molar refractivity (Wildman–Crippen MR) is 113 cm³/mol. The second kappa shape index (κ2) is 9.80. The van der Waals surface area contributed by atoms with Crippen LogP contribution < -0.4 is 10.6 Å². The zero-order chi connectivity index (χ0) is 18.6. The Morgan fingerprint density at radius 3 is 2.86 bits per heavy atom. The normalized spacial score (nSPS) is 17.0. The summed E-state index contributed by atoms with van der Waals surface area (Å²) >= 11 is 1.86. The van der Waals surface area contributed by atoms with Crippen LogP contribution in [0.4, 0.5) is 0 Å². The van der Waals surface area contributed by atoms with Crippen LogP contribution in [0, 0.1) is 6.92 Å². The molecule has 7 nitrogen and oxygen atoms in total. The second-order valence-electron chi connectivity index (χ2n) is 7.49. The summed E-state index contributed by atoms with van der Waals surface area (Å²) in [6.45, 7) is 4.57. The molecule has 1 amide bonds. The van der Waals surface area contributed by atoms with E-state index in [9.17, 15) is 4.79 Å². The van der Waals surface area contributed by atoms with Gasteiger partial charge < -0.3 is 10.6 Å². The van der Waals surface area contributed by atoms with Gasteiger partial charge in [-0.15, -0.1) is 28.8 Å². The minimum Gasteiger partial charge on any atom is -0.351 e. The summed E-state index contributed by atoms with van der Waals surface area (Å²) in [5.74, 6) is -0.119. The summed E-state index contributed by atoms with van der Waals surface area (Å²) in [5.41, 5.74) is 2.64. The van der Waals surface area contributed by atoms with Gasteiger partial charge in [-0.05, 0) is 65.0 Å². The zero-order valence-corrected chi connectivity index (χ0v) is 18.0. The minimum atomic E-state index is -0.119. The zero-order valence-electron chi connectivity index (χ0n) is 16.4. The van der Waals surface area contributed by atoms with Crippen LogP contribution in [0.2, 0.25) is 0 Å². The molecule has 1 aliphatic heterocycles. The number of carbonyl (C=O) groups is 1. The molecule has 154 valence electrons. The van der Waals surface area contributed by atoms with E-state index in [1.54, 1.807) is 0 Å². The molecule has 0 saturated carbocycles. The molecule has 2 aromatic rings. The quantitative estimate of drug-likeness (QED) is 0.696. The fraction of sp³-hybridized carbons (Fsp3) is 0.684. The third-order valence-corrected chi connectivity index (χ3v) is 6.76. The van der Waals surface area contributed by atoms with Gasteiger partial charge in [-0.25, -0.2) is 9.67 Å². The van der Waals surface area contributed by atoms with Gasteiger partial charge >= 0.3 is 0 Å². The lowest BCUT2D eigenvalue weighted by molar-refractivity contribution is 0.0947. The van der Waals surface area contributed by atoms with E-state index in [4.69, 9.17) is 4.98 Å². The van der Waals surface area contributed by atoms with Crippen molar-refractivity contribution in [3.63, 3.8) is 0 Å². The second-order valence-corrected chi connectivity index (χ2v) is 8.66.